The molecule has 0 spiro atoms. The number of nitrogens with zero attached hydrogens (tertiary/aromatic N) is 1. The first kappa shape index (κ1) is 14.0. The number of nitro benzene ring substituents is 1. The third-order valence-electron chi connectivity index (χ3n) is 2.93. The Morgan fingerprint density at radius 1 is 1.10 bits per heavy atom. The van der Waals surface area contributed by atoms with Gasteiger partial charge in [-0.15, -0.1) is 0 Å². The lowest BCUT2D eigenvalue weighted by Gasteiger charge is -2.12. The zero-order valence-electron chi connectivity index (χ0n) is 11.0. The fourth-order valence-corrected chi connectivity index (χ4v) is 1.88. The van der Waals surface area contributed by atoms with E-state index in [0.29, 0.717) is 17.7 Å². The third kappa shape index (κ3) is 3.13. The van der Waals surface area contributed by atoms with Gasteiger partial charge in [-0.1, -0.05) is 12.1 Å². The topological polar surface area (TPSA) is 72.6 Å². The molecule has 0 amide bonds. The van der Waals surface area contributed by atoms with E-state index >= 15 is 0 Å². The number of benzene rings is 2. The van der Waals surface area contributed by atoms with Gasteiger partial charge >= 0.3 is 0 Å². The molecule has 104 valence electrons. The molecule has 0 aromatic heterocycles. The van der Waals surface area contributed by atoms with Gasteiger partial charge in [0.1, 0.15) is 11.9 Å². The van der Waals surface area contributed by atoms with Gasteiger partial charge in [-0.05, 0) is 42.3 Å². The van der Waals surface area contributed by atoms with Gasteiger partial charge in [0.15, 0.2) is 0 Å². The Kier molecular flexibility index (Phi) is 4.32. The Morgan fingerprint density at radius 2 is 1.60 bits per heavy atom. The van der Waals surface area contributed by atoms with E-state index in [9.17, 15) is 15.2 Å². The van der Waals surface area contributed by atoms with Crippen molar-refractivity contribution in [2.24, 2.45) is 0 Å². The summed E-state index contributed by atoms with van der Waals surface area (Å²) < 4.78 is 5.33. The van der Waals surface area contributed by atoms with Crippen LogP contribution in [0.1, 0.15) is 24.2 Å². The van der Waals surface area contributed by atoms with E-state index in [0.717, 1.165) is 5.75 Å². The van der Waals surface area contributed by atoms with Crippen molar-refractivity contribution in [3.63, 3.8) is 0 Å². The van der Waals surface area contributed by atoms with Crippen molar-refractivity contribution in [3.05, 3.63) is 69.8 Å². The monoisotopic (exact) mass is 273 g/mol. The van der Waals surface area contributed by atoms with Crippen LogP contribution >= 0.6 is 0 Å². The molecule has 0 heterocycles. The van der Waals surface area contributed by atoms with Crippen molar-refractivity contribution < 1.29 is 14.8 Å². The molecule has 1 N–H and O–H groups in total. The van der Waals surface area contributed by atoms with Crippen molar-refractivity contribution in [1.29, 1.82) is 0 Å². The van der Waals surface area contributed by atoms with Crippen LogP contribution in [0.25, 0.3) is 0 Å². The Bertz CT molecular complexity index is 578. The van der Waals surface area contributed by atoms with Crippen LogP contribution in [0, 0.1) is 10.1 Å². The number of hydrogen-bond acceptors (Lipinski definition) is 4. The Hall–Kier alpha value is -2.40. The largest absolute Gasteiger partial charge is 0.494 e. The molecule has 0 unspecified atom stereocenters. The minimum atomic E-state index is -0.813. The maximum atomic E-state index is 10.6. The Labute approximate surface area is 116 Å². The summed E-state index contributed by atoms with van der Waals surface area (Å²) in [4.78, 5) is 10.1. The van der Waals surface area contributed by atoms with Crippen LogP contribution in [0.3, 0.4) is 0 Å². The molecule has 0 aliphatic rings. The zero-order chi connectivity index (χ0) is 14.5. The normalized spacial score (nSPS) is 11.9. The summed E-state index contributed by atoms with van der Waals surface area (Å²) in [7, 11) is 0. The van der Waals surface area contributed by atoms with Crippen LogP contribution in [0.5, 0.6) is 5.75 Å². The summed E-state index contributed by atoms with van der Waals surface area (Å²) in [6.45, 7) is 2.49. The number of hydrogen-bond donors (Lipinski definition) is 1. The first-order chi connectivity index (χ1) is 9.61. The summed E-state index contributed by atoms with van der Waals surface area (Å²) in [6, 6.07) is 13.0. The van der Waals surface area contributed by atoms with E-state index in [2.05, 4.69) is 0 Å². The highest BCUT2D eigenvalue weighted by Crippen LogP contribution is 2.25. The lowest BCUT2D eigenvalue weighted by atomic mass is 10.0. The first-order valence-corrected chi connectivity index (χ1v) is 6.27. The van der Waals surface area contributed by atoms with Crippen LogP contribution in [0.4, 0.5) is 5.69 Å². The highest BCUT2D eigenvalue weighted by Gasteiger charge is 2.12. The molecule has 20 heavy (non-hydrogen) atoms. The van der Waals surface area contributed by atoms with Crippen LogP contribution in [0.15, 0.2) is 48.5 Å². The summed E-state index contributed by atoms with van der Waals surface area (Å²) in [5.74, 6) is 0.743. The van der Waals surface area contributed by atoms with E-state index in [1.54, 1.807) is 36.4 Å². The molecule has 2 aromatic rings. The molecule has 0 saturated carbocycles. The number of nitro groups is 1. The second-order valence-corrected chi connectivity index (χ2v) is 4.25. The summed E-state index contributed by atoms with van der Waals surface area (Å²) in [5.41, 5.74) is 1.33. The molecule has 2 rings (SSSR count). The van der Waals surface area contributed by atoms with Crippen molar-refractivity contribution >= 4 is 5.69 Å². The van der Waals surface area contributed by atoms with Crippen molar-refractivity contribution in [2.75, 3.05) is 6.61 Å². The number of aliphatic hydroxyl groups is 1. The molecule has 0 aliphatic heterocycles. The fraction of sp³-hybridized carbons (Fsp3) is 0.200. The number of aliphatic hydroxyl groups excluding tert-OH is 1. The number of rotatable bonds is 5. The lowest BCUT2D eigenvalue weighted by Crippen LogP contribution is -2.00. The Morgan fingerprint density at radius 3 is 2.05 bits per heavy atom. The minimum absolute atomic E-state index is 0.00708. The quantitative estimate of drug-likeness (QED) is 0.671. The van der Waals surface area contributed by atoms with E-state index in [-0.39, 0.29) is 5.69 Å². The van der Waals surface area contributed by atoms with Crippen LogP contribution in [0.2, 0.25) is 0 Å². The average molecular weight is 273 g/mol. The molecular formula is C15H15NO4. The molecule has 0 aliphatic carbocycles. The molecule has 0 radical (unpaired) electrons. The molecule has 5 nitrogen and oxygen atoms in total. The van der Waals surface area contributed by atoms with Crippen LogP contribution in [-0.2, 0) is 0 Å². The van der Waals surface area contributed by atoms with Gasteiger partial charge < -0.3 is 9.84 Å². The fourth-order valence-electron chi connectivity index (χ4n) is 1.88. The summed E-state index contributed by atoms with van der Waals surface area (Å²) in [5, 5.41) is 20.8. The SMILES string of the molecule is CCOc1ccc([C@@H](O)c2ccc([N+](=O)[O-])cc2)cc1. The molecular weight excluding hydrogens is 258 g/mol. The van der Waals surface area contributed by atoms with Gasteiger partial charge in [-0.2, -0.15) is 0 Å². The van der Waals surface area contributed by atoms with E-state index in [1.807, 2.05) is 6.92 Å². The van der Waals surface area contributed by atoms with Crippen LogP contribution in [-0.4, -0.2) is 16.6 Å². The Balaban J connectivity index is 2.17. The highest BCUT2D eigenvalue weighted by atomic mass is 16.6. The third-order valence-corrected chi connectivity index (χ3v) is 2.93. The molecule has 5 heteroatoms. The van der Waals surface area contributed by atoms with Crippen molar-refractivity contribution in [3.8, 4) is 5.75 Å². The van der Waals surface area contributed by atoms with Gasteiger partial charge in [0.2, 0.25) is 0 Å². The van der Waals surface area contributed by atoms with Gasteiger partial charge in [0.05, 0.1) is 11.5 Å². The van der Waals surface area contributed by atoms with Gasteiger partial charge in [-0.3, -0.25) is 10.1 Å². The standard InChI is InChI=1S/C15H15NO4/c1-2-20-14-9-5-12(6-10-14)15(17)11-3-7-13(8-4-11)16(18)19/h3-10,15,17H,2H2,1H3/t15-/m0/s1. The summed E-state index contributed by atoms with van der Waals surface area (Å²) >= 11 is 0. The van der Waals surface area contributed by atoms with E-state index in [1.165, 1.54) is 12.1 Å². The minimum Gasteiger partial charge on any atom is -0.494 e. The molecule has 1 atom stereocenters. The molecule has 0 bridgehead atoms. The van der Waals surface area contributed by atoms with E-state index in [4.69, 9.17) is 4.74 Å². The highest BCUT2D eigenvalue weighted by molar-refractivity contribution is 5.38. The number of ether oxygens (including phenoxy) is 1. The number of non-ortho nitro benzene ring substituents is 1. The van der Waals surface area contributed by atoms with Crippen LogP contribution < -0.4 is 4.74 Å². The predicted molar refractivity (Wildman–Crippen MR) is 74.8 cm³/mol. The zero-order valence-corrected chi connectivity index (χ0v) is 11.0. The molecule has 2 aromatic carbocycles. The maximum absolute atomic E-state index is 10.6. The molecule has 0 fully saturated rings. The maximum Gasteiger partial charge on any atom is 0.269 e. The van der Waals surface area contributed by atoms with Gasteiger partial charge in [0.25, 0.3) is 5.69 Å². The van der Waals surface area contributed by atoms with Crippen molar-refractivity contribution in [1.82, 2.24) is 0 Å². The van der Waals surface area contributed by atoms with Crippen molar-refractivity contribution in [2.45, 2.75) is 13.0 Å². The van der Waals surface area contributed by atoms with Gasteiger partial charge in [0, 0.05) is 12.1 Å². The first-order valence-electron chi connectivity index (χ1n) is 6.27. The smallest absolute Gasteiger partial charge is 0.269 e. The average Bonchev–Trinajstić information content (AvgIpc) is 2.48. The second kappa shape index (κ2) is 6.16. The molecule has 0 saturated heterocycles. The predicted octanol–water partition coefficient (Wildman–Crippen LogP) is 3.08. The second-order valence-electron chi connectivity index (χ2n) is 4.25. The summed E-state index contributed by atoms with van der Waals surface area (Å²) in [6.07, 6.45) is -0.813. The van der Waals surface area contributed by atoms with E-state index < -0.39 is 11.0 Å². The van der Waals surface area contributed by atoms with Gasteiger partial charge in [-0.25, -0.2) is 0 Å². The lowest BCUT2D eigenvalue weighted by molar-refractivity contribution is -0.384.